The van der Waals surface area contributed by atoms with Crippen LogP contribution in [0.25, 0.3) is 0 Å². The molecule has 6 nitrogen and oxygen atoms in total. The minimum Gasteiger partial charge on any atom is -0.338 e. The largest absolute Gasteiger partial charge is 0.338 e. The summed E-state index contributed by atoms with van der Waals surface area (Å²) in [6, 6.07) is -0.356. The summed E-state index contributed by atoms with van der Waals surface area (Å²) in [6.45, 7) is 3.84. The lowest BCUT2D eigenvalue weighted by atomic mass is 10.1. The molecule has 0 fully saturated rings. The monoisotopic (exact) mass is 233 g/mol. The predicted molar refractivity (Wildman–Crippen MR) is 54.6 cm³/mol. The Morgan fingerprint density at radius 1 is 1.47 bits per heavy atom. The lowest BCUT2D eigenvalue weighted by Gasteiger charge is -2.09. The Labute approximate surface area is 88.8 Å². The van der Waals surface area contributed by atoms with Crippen LogP contribution in [0.15, 0.2) is 4.52 Å². The SMILES string of the molecule is CC(C)[C@H](N)c1nc(CS(C)(=O)=O)no1. The Morgan fingerprint density at radius 3 is 2.53 bits per heavy atom. The first kappa shape index (κ1) is 12.1. The van der Waals surface area contributed by atoms with Crippen LogP contribution < -0.4 is 5.73 Å². The fraction of sp³-hybridized carbons (Fsp3) is 0.750. The third kappa shape index (κ3) is 3.60. The average molecular weight is 233 g/mol. The van der Waals surface area contributed by atoms with Gasteiger partial charge in [0.15, 0.2) is 15.7 Å². The molecule has 1 heterocycles. The van der Waals surface area contributed by atoms with Crippen LogP contribution in [0.4, 0.5) is 0 Å². The lowest BCUT2D eigenvalue weighted by molar-refractivity contribution is 0.323. The predicted octanol–water partition coefficient (Wildman–Crippen LogP) is 0.270. The van der Waals surface area contributed by atoms with Crippen molar-refractivity contribution >= 4 is 9.84 Å². The Kier molecular flexibility index (Phi) is 3.46. The van der Waals surface area contributed by atoms with Gasteiger partial charge in [0.05, 0.1) is 6.04 Å². The molecular weight excluding hydrogens is 218 g/mol. The van der Waals surface area contributed by atoms with Gasteiger partial charge in [0.25, 0.3) is 0 Å². The van der Waals surface area contributed by atoms with Crippen molar-refractivity contribution in [3.8, 4) is 0 Å². The quantitative estimate of drug-likeness (QED) is 0.801. The van der Waals surface area contributed by atoms with Gasteiger partial charge < -0.3 is 10.3 Å². The molecule has 0 bridgehead atoms. The van der Waals surface area contributed by atoms with E-state index in [1.165, 1.54) is 0 Å². The third-order valence-electron chi connectivity index (χ3n) is 1.88. The summed E-state index contributed by atoms with van der Waals surface area (Å²) in [7, 11) is -3.14. The molecule has 0 aromatic carbocycles. The number of aromatic nitrogens is 2. The van der Waals surface area contributed by atoms with Gasteiger partial charge in [0, 0.05) is 6.26 Å². The molecule has 0 saturated carbocycles. The van der Waals surface area contributed by atoms with Gasteiger partial charge in [-0.25, -0.2) is 8.42 Å². The number of nitrogens with zero attached hydrogens (tertiary/aromatic N) is 2. The molecule has 0 amide bonds. The van der Waals surface area contributed by atoms with Crippen LogP contribution in [0.1, 0.15) is 31.6 Å². The third-order valence-corrected chi connectivity index (χ3v) is 2.66. The smallest absolute Gasteiger partial charge is 0.243 e. The van der Waals surface area contributed by atoms with Crippen molar-refractivity contribution in [1.82, 2.24) is 10.1 Å². The second-order valence-electron chi connectivity index (χ2n) is 3.89. The highest BCUT2D eigenvalue weighted by Gasteiger charge is 2.19. The van der Waals surface area contributed by atoms with Gasteiger partial charge >= 0.3 is 0 Å². The molecule has 1 rings (SSSR count). The zero-order chi connectivity index (χ0) is 11.6. The summed E-state index contributed by atoms with van der Waals surface area (Å²) in [5.41, 5.74) is 5.77. The number of sulfone groups is 1. The van der Waals surface area contributed by atoms with Gasteiger partial charge in [-0.1, -0.05) is 19.0 Å². The first-order valence-electron chi connectivity index (χ1n) is 4.55. The highest BCUT2D eigenvalue weighted by molar-refractivity contribution is 7.89. The molecule has 7 heteroatoms. The Bertz CT molecular complexity index is 424. The van der Waals surface area contributed by atoms with Crippen molar-refractivity contribution in [2.24, 2.45) is 11.7 Å². The zero-order valence-electron chi connectivity index (χ0n) is 8.97. The molecule has 1 atom stereocenters. The number of nitrogens with two attached hydrogens (primary N) is 1. The molecule has 2 N–H and O–H groups in total. The minimum absolute atomic E-state index is 0.156. The number of hydrogen-bond acceptors (Lipinski definition) is 6. The van der Waals surface area contributed by atoms with Crippen LogP contribution in [-0.2, 0) is 15.6 Å². The molecular formula is C8H15N3O3S. The first-order valence-corrected chi connectivity index (χ1v) is 6.61. The van der Waals surface area contributed by atoms with E-state index in [4.69, 9.17) is 10.3 Å². The summed E-state index contributed by atoms with van der Waals surface area (Å²) >= 11 is 0. The van der Waals surface area contributed by atoms with Crippen molar-refractivity contribution in [3.63, 3.8) is 0 Å². The fourth-order valence-electron chi connectivity index (χ4n) is 0.981. The molecule has 0 spiro atoms. The minimum atomic E-state index is -3.14. The average Bonchev–Trinajstić information content (AvgIpc) is 2.48. The topological polar surface area (TPSA) is 99.1 Å². The van der Waals surface area contributed by atoms with E-state index in [0.717, 1.165) is 6.26 Å². The van der Waals surface area contributed by atoms with Gasteiger partial charge in [-0.3, -0.25) is 0 Å². The van der Waals surface area contributed by atoms with Crippen molar-refractivity contribution in [3.05, 3.63) is 11.7 Å². The summed E-state index contributed by atoms with van der Waals surface area (Å²) in [5.74, 6) is 0.380. The highest BCUT2D eigenvalue weighted by atomic mass is 32.2. The summed E-state index contributed by atoms with van der Waals surface area (Å²) < 4.78 is 26.8. The van der Waals surface area contributed by atoms with E-state index in [1.54, 1.807) is 0 Å². The van der Waals surface area contributed by atoms with Gasteiger partial charge in [-0.15, -0.1) is 0 Å². The summed E-state index contributed by atoms with van der Waals surface area (Å²) in [4.78, 5) is 3.93. The molecule has 0 radical (unpaired) electrons. The highest BCUT2D eigenvalue weighted by Crippen LogP contribution is 2.16. The fourth-order valence-corrected chi connectivity index (χ4v) is 1.57. The van der Waals surface area contributed by atoms with E-state index < -0.39 is 9.84 Å². The van der Waals surface area contributed by atoms with E-state index >= 15 is 0 Å². The van der Waals surface area contributed by atoms with E-state index in [0.29, 0.717) is 0 Å². The van der Waals surface area contributed by atoms with Crippen molar-refractivity contribution in [2.45, 2.75) is 25.6 Å². The van der Waals surface area contributed by atoms with Crippen LogP contribution in [0.3, 0.4) is 0 Å². The Balaban J connectivity index is 2.81. The van der Waals surface area contributed by atoms with Crippen molar-refractivity contribution < 1.29 is 12.9 Å². The molecule has 0 aliphatic carbocycles. The Morgan fingerprint density at radius 2 is 2.07 bits per heavy atom. The molecule has 0 aliphatic heterocycles. The number of rotatable bonds is 4. The van der Waals surface area contributed by atoms with Gasteiger partial charge in [0.2, 0.25) is 5.89 Å². The normalized spacial score (nSPS) is 14.5. The van der Waals surface area contributed by atoms with Gasteiger partial charge in [-0.05, 0) is 5.92 Å². The molecule has 0 saturated heterocycles. The van der Waals surface area contributed by atoms with Crippen LogP contribution >= 0.6 is 0 Å². The second-order valence-corrected chi connectivity index (χ2v) is 6.03. The first-order chi connectivity index (χ1) is 6.79. The van der Waals surface area contributed by atoms with E-state index in [9.17, 15) is 8.42 Å². The van der Waals surface area contributed by atoms with Crippen LogP contribution in [-0.4, -0.2) is 24.8 Å². The Hall–Kier alpha value is -0.950. The molecule has 1 aromatic heterocycles. The molecule has 0 aliphatic rings. The van der Waals surface area contributed by atoms with E-state index in [-0.39, 0.29) is 29.4 Å². The van der Waals surface area contributed by atoms with Crippen LogP contribution in [0.5, 0.6) is 0 Å². The lowest BCUT2D eigenvalue weighted by Crippen LogP contribution is -2.17. The molecule has 86 valence electrons. The maximum Gasteiger partial charge on any atom is 0.243 e. The van der Waals surface area contributed by atoms with E-state index in [1.807, 2.05) is 13.8 Å². The maximum atomic E-state index is 11.0. The van der Waals surface area contributed by atoms with Crippen LogP contribution in [0.2, 0.25) is 0 Å². The second kappa shape index (κ2) is 4.28. The van der Waals surface area contributed by atoms with Crippen molar-refractivity contribution in [1.29, 1.82) is 0 Å². The summed E-state index contributed by atoms with van der Waals surface area (Å²) in [5, 5.41) is 3.56. The number of hydrogen-bond donors (Lipinski definition) is 1. The molecule has 15 heavy (non-hydrogen) atoms. The van der Waals surface area contributed by atoms with Gasteiger partial charge in [0.1, 0.15) is 5.75 Å². The van der Waals surface area contributed by atoms with Crippen molar-refractivity contribution in [2.75, 3.05) is 6.26 Å². The van der Waals surface area contributed by atoms with Gasteiger partial charge in [-0.2, -0.15) is 4.98 Å². The zero-order valence-corrected chi connectivity index (χ0v) is 9.78. The molecule has 0 unspecified atom stereocenters. The summed E-state index contributed by atoms with van der Waals surface area (Å²) in [6.07, 6.45) is 1.12. The molecule has 1 aromatic rings. The maximum absolute atomic E-state index is 11.0. The van der Waals surface area contributed by atoms with Crippen LogP contribution in [0, 0.1) is 5.92 Å². The van der Waals surface area contributed by atoms with E-state index in [2.05, 4.69) is 10.1 Å². The standard InChI is InChI=1S/C8H15N3O3S/c1-5(2)7(9)8-10-6(11-14-8)4-15(3,12)13/h5,7H,4,9H2,1-3H3/t7-/m0/s1.